The van der Waals surface area contributed by atoms with Gasteiger partial charge in [-0.1, -0.05) is 0 Å². The molecule has 0 radical (unpaired) electrons. The van der Waals surface area contributed by atoms with E-state index in [0.717, 1.165) is 38.4 Å². The van der Waals surface area contributed by atoms with E-state index in [1.807, 2.05) is 25.7 Å². The monoisotopic (exact) mass is 495 g/mol. The lowest BCUT2D eigenvalue weighted by molar-refractivity contribution is -0.142. The Labute approximate surface area is 179 Å². The summed E-state index contributed by atoms with van der Waals surface area (Å²) in [5.41, 5.74) is -0.562. The van der Waals surface area contributed by atoms with Crippen LogP contribution in [-0.2, 0) is 14.3 Å². The summed E-state index contributed by atoms with van der Waals surface area (Å²) in [5, 5.41) is 5.98. The first-order chi connectivity index (χ1) is 12.4. The lowest BCUT2D eigenvalue weighted by Gasteiger charge is -2.37. The molecule has 1 atom stereocenters. The van der Waals surface area contributed by atoms with Crippen LogP contribution in [0.3, 0.4) is 0 Å². The van der Waals surface area contributed by atoms with Crippen LogP contribution in [0.1, 0.15) is 33.6 Å². The summed E-state index contributed by atoms with van der Waals surface area (Å²) >= 11 is 0. The van der Waals surface area contributed by atoms with Crippen LogP contribution in [-0.4, -0.2) is 86.6 Å². The molecule has 2 rings (SSSR count). The predicted molar refractivity (Wildman–Crippen MR) is 116 cm³/mol. The predicted octanol–water partition coefficient (Wildman–Crippen LogP) is 0.665. The Morgan fingerprint density at radius 2 is 1.81 bits per heavy atom. The van der Waals surface area contributed by atoms with Crippen molar-refractivity contribution in [2.45, 2.75) is 39.7 Å². The first-order valence-electron chi connectivity index (χ1n) is 9.55. The van der Waals surface area contributed by atoms with Crippen LogP contribution in [0.5, 0.6) is 0 Å². The molecule has 0 bridgehead atoms. The maximum atomic E-state index is 12.5. The second-order valence-electron chi connectivity index (χ2n) is 7.45. The van der Waals surface area contributed by atoms with Gasteiger partial charge in [-0.05, 0) is 33.6 Å². The van der Waals surface area contributed by atoms with E-state index in [1.165, 1.54) is 0 Å². The van der Waals surface area contributed by atoms with Crippen molar-refractivity contribution in [2.24, 2.45) is 10.4 Å². The number of carbonyl (C=O) groups excluding carboxylic acids is 2. The molecule has 0 aromatic rings. The van der Waals surface area contributed by atoms with Gasteiger partial charge in [0.15, 0.2) is 5.96 Å². The van der Waals surface area contributed by atoms with Crippen LogP contribution in [0.15, 0.2) is 4.99 Å². The van der Waals surface area contributed by atoms with Crippen molar-refractivity contribution in [1.29, 1.82) is 0 Å². The molecule has 2 N–H and O–H groups in total. The Morgan fingerprint density at radius 3 is 2.33 bits per heavy atom. The Balaban J connectivity index is 0.00000364. The molecule has 1 unspecified atom stereocenters. The maximum Gasteiger partial charge on any atom is 0.251 e. The van der Waals surface area contributed by atoms with Crippen molar-refractivity contribution in [3.8, 4) is 0 Å². The number of aliphatic imine (C=N–C) groups is 1. The minimum absolute atomic E-state index is 0. The summed E-state index contributed by atoms with van der Waals surface area (Å²) in [6, 6.07) is 0. The molecule has 27 heavy (non-hydrogen) atoms. The summed E-state index contributed by atoms with van der Waals surface area (Å²) in [6.07, 6.45) is 1.55. The Morgan fingerprint density at radius 1 is 1.19 bits per heavy atom. The molecule has 2 aliphatic rings. The number of nitrogens with one attached hydrogen (secondary N) is 2. The first-order valence-corrected chi connectivity index (χ1v) is 9.55. The third-order valence-electron chi connectivity index (χ3n) is 4.90. The smallest absolute Gasteiger partial charge is 0.251 e. The Kier molecular flexibility index (Phi) is 9.78. The van der Waals surface area contributed by atoms with Gasteiger partial charge < -0.3 is 25.2 Å². The van der Waals surface area contributed by atoms with Gasteiger partial charge in [-0.15, -0.1) is 24.0 Å². The Bertz CT molecular complexity index is 527. The lowest BCUT2D eigenvalue weighted by Crippen LogP contribution is -2.55. The number of rotatable bonds is 5. The fourth-order valence-corrected chi connectivity index (χ4v) is 3.22. The van der Waals surface area contributed by atoms with Gasteiger partial charge in [-0.3, -0.25) is 14.6 Å². The van der Waals surface area contributed by atoms with E-state index < -0.39 is 5.41 Å². The lowest BCUT2D eigenvalue weighted by atomic mass is 9.93. The maximum absolute atomic E-state index is 12.5. The van der Waals surface area contributed by atoms with Crippen LogP contribution in [0.4, 0.5) is 0 Å². The molecular weight excluding hydrogens is 461 g/mol. The third-order valence-corrected chi connectivity index (χ3v) is 4.90. The number of nitrogens with zero attached hydrogens (tertiary/aromatic N) is 3. The highest BCUT2D eigenvalue weighted by Crippen LogP contribution is 2.17. The second-order valence-corrected chi connectivity index (χ2v) is 7.45. The van der Waals surface area contributed by atoms with E-state index in [0.29, 0.717) is 26.2 Å². The number of piperazine rings is 1. The molecule has 8 nitrogen and oxygen atoms in total. The molecule has 0 aliphatic carbocycles. The fourth-order valence-electron chi connectivity index (χ4n) is 3.22. The molecule has 9 heteroatoms. The molecule has 0 spiro atoms. The highest BCUT2D eigenvalue weighted by Gasteiger charge is 2.31. The SMILES string of the molecule is CCNC(=NCC(C)(C)C(=O)NC)N1CCN(C(=O)C2CCCO2)CC1.I. The average Bonchev–Trinajstić information content (AvgIpc) is 3.18. The largest absolute Gasteiger partial charge is 0.368 e. The number of hydrogen-bond acceptors (Lipinski definition) is 4. The number of hydrogen-bond donors (Lipinski definition) is 2. The van der Waals surface area contributed by atoms with Crippen molar-refractivity contribution in [3.63, 3.8) is 0 Å². The molecule has 2 amide bonds. The highest BCUT2D eigenvalue weighted by atomic mass is 127. The molecule has 2 aliphatic heterocycles. The topological polar surface area (TPSA) is 86.3 Å². The Hall–Kier alpha value is -1.10. The quantitative estimate of drug-likeness (QED) is 0.333. The van der Waals surface area contributed by atoms with Gasteiger partial charge in [0.2, 0.25) is 5.91 Å². The van der Waals surface area contributed by atoms with Crippen LogP contribution in [0, 0.1) is 5.41 Å². The highest BCUT2D eigenvalue weighted by molar-refractivity contribution is 14.0. The standard InChI is InChI=1S/C18H33N5O3.HI/c1-5-20-17(21-13-18(2,3)16(25)19-4)23-10-8-22(9-11-23)15(24)14-7-6-12-26-14;/h14H,5-13H2,1-4H3,(H,19,25)(H,20,21);1H. The fraction of sp³-hybridized carbons (Fsp3) is 0.833. The van der Waals surface area contributed by atoms with E-state index in [4.69, 9.17) is 4.74 Å². The van der Waals surface area contributed by atoms with Gasteiger partial charge in [0.1, 0.15) is 6.10 Å². The van der Waals surface area contributed by atoms with Crippen LogP contribution >= 0.6 is 24.0 Å². The summed E-state index contributed by atoms with van der Waals surface area (Å²) in [7, 11) is 1.64. The van der Waals surface area contributed by atoms with Crippen LogP contribution in [0.25, 0.3) is 0 Å². The summed E-state index contributed by atoms with van der Waals surface area (Å²) in [4.78, 5) is 33.1. The van der Waals surface area contributed by atoms with E-state index >= 15 is 0 Å². The van der Waals surface area contributed by atoms with Crippen molar-refractivity contribution in [1.82, 2.24) is 20.4 Å². The molecule has 0 aromatic carbocycles. The van der Waals surface area contributed by atoms with Gasteiger partial charge in [-0.2, -0.15) is 0 Å². The van der Waals surface area contributed by atoms with Gasteiger partial charge in [0, 0.05) is 46.4 Å². The number of halogens is 1. The number of amides is 2. The molecule has 156 valence electrons. The van der Waals surface area contributed by atoms with Crippen LogP contribution in [0.2, 0.25) is 0 Å². The minimum Gasteiger partial charge on any atom is -0.368 e. The van der Waals surface area contributed by atoms with Gasteiger partial charge in [-0.25, -0.2) is 0 Å². The van der Waals surface area contributed by atoms with E-state index in [1.54, 1.807) is 7.05 Å². The van der Waals surface area contributed by atoms with Gasteiger partial charge in [0.25, 0.3) is 5.91 Å². The third kappa shape index (κ3) is 6.48. The second kappa shape index (κ2) is 11.0. The molecule has 0 aromatic heterocycles. The van der Waals surface area contributed by atoms with E-state index in [9.17, 15) is 9.59 Å². The van der Waals surface area contributed by atoms with E-state index in [-0.39, 0.29) is 41.9 Å². The zero-order valence-electron chi connectivity index (χ0n) is 16.9. The van der Waals surface area contributed by atoms with E-state index in [2.05, 4.69) is 20.5 Å². The molecule has 2 saturated heterocycles. The first kappa shape index (κ1) is 23.9. The van der Waals surface area contributed by atoms with Crippen molar-refractivity contribution in [2.75, 3.05) is 52.9 Å². The van der Waals surface area contributed by atoms with Gasteiger partial charge in [0.05, 0.1) is 12.0 Å². The molecule has 2 heterocycles. The summed E-state index contributed by atoms with van der Waals surface area (Å²) in [6.45, 7) is 10.4. The van der Waals surface area contributed by atoms with Crippen molar-refractivity contribution < 1.29 is 14.3 Å². The number of carbonyl (C=O) groups is 2. The van der Waals surface area contributed by atoms with Crippen molar-refractivity contribution >= 4 is 41.8 Å². The average molecular weight is 495 g/mol. The van der Waals surface area contributed by atoms with Crippen LogP contribution < -0.4 is 10.6 Å². The molecule has 2 fully saturated rings. The zero-order chi connectivity index (χ0) is 19.2. The number of guanidine groups is 1. The minimum atomic E-state index is -0.562. The van der Waals surface area contributed by atoms with Gasteiger partial charge >= 0.3 is 0 Å². The molecule has 0 saturated carbocycles. The summed E-state index contributed by atoms with van der Waals surface area (Å²) < 4.78 is 5.51. The normalized spacial score (nSPS) is 20.9. The number of ether oxygens (including phenoxy) is 1. The summed E-state index contributed by atoms with van der Waals surface area (Å²) in [5.74, 6) is 0.891. The van der Waals surface area contributed by atoms with Crippen molar-refractivity contribution in [3.05, 3.63) is 0 Å². The zero-order valence-corrected chi connectivity index (χ0v) is 19.2. The molecular formula is C18H34IN5O3.